The molecule has 5 nitrogen and oxygen atoms in total. The minimum absolute atomic E-state index is 0.168. The zero-order valence-electron chi connectivity index (χ0n) is 8.90. The average Bonchev–Trinajstić information content (AvgIpc) is 2.69. The molecule has 3 heterocycles. The number of hydrogen-bond acceptors (Lipinski definition) is 5. The van der Waals surface area contributed by atoms with E-state index in [1.54, 1.807) is 0 Å². The maximum atomic E-state index is 11.5. The standard InChI is InChI=1S/C10H17NO4S/c12-7-1-5-3-16(15)4-6(5)11-2-8(13)10(14)9(7)11/h5-10,12-14H,1-4H2/t5?,6?,7-,8-,9-,10-,16?/m1/s1. The number of aliphatic hydroxyl groups excluding tert-OH is 3. The lowest BCUT2D eigenvalue weighted by molar-refractivity contribution is -0.0557. The van der Waals surface area contributed by atoms with Gasteiger partial charge in [0.15, 0.2) is 0 Å². The van der Waals surface area contributed by atoms with E-state index >= 15 is 0 Å². The smallest absolute Gasteiger partial charge is 0.0991 e. The maximum Gasteiger partial charge on any atom is 0.0991 e. The summed E-state index contributed by atoms with van der Waals surface area (Å²) in [6, 6.07) is -0.201. The molecule has 0 saturated carbocycles. The van der Waals surface area contributed by atoms with Crippen molar-refractivity contribution < 1.29 is 19.5 Å². The highest BCUT2D eigenvalue weighted by molar-refractivity contribution is 7.85. The Hall–Kier alpha value is -0.0100. The maximum absolute atomic E-state index is 11.5. The lowest BCUT2D eigenvalue weighted by Crippen LogP contribution is -2.56. The predicted octanol–water partition coefficient (Wildman–Crippen LogP) is -2.10. The number of aliphatic hydroxyl groups is 3. The average molecular weight is 247 g/mol. The lowest BCUT2D eigenvalue weighted by Gasteiger charge is -2.42. The van der Waals surface area contributed by atoms with Crippen LogP contribution in [-0.2, 0) is 10.8 Å². The van der Waals surface area contributed by atoms with E-state index in [9.17, 15) is 19.5 Å². The first-order chi connectivity index (χ1) is 7.58. The molecule has 3 N–H and O–H groups in total. The number of piperidine rings is 1. The van der Waals surface area contributed by atoms with Gasteiger partial charge in [0, 0.05) is 34.9 Å². The van der Waals surface area contributed by atoms with Crippen molar-refractivity contribution in [2.45, 2.75) is 36.8 Å². The fourth-order valence-corrected chi connectivity index (χ4v) is 5.28. The molecule has 6 heteroatoms. The molecule has 3 rings (SSSR count). The second-order valence-corrected chi connectivity index (χ2v) is 6.70. The largest absolute Gasteiger partial charge is 0.391 e. The number of fused-ring (bicyclic) bond motifs is 3. The van der Waals surface area contributed by atoms with Gasteiger partial charge in [-0.1, -0.05) is 0 Å². The summed E-state index contributed by atoms with van der Waals surface area (Å²) in [5.41, 5.74) is 0. The van der Waals surface area contributed by atoms with Gasteiger partial charge in [0.1, 0.15) is 0 Å². The highest BCUT2D eigenvalue weighted by atomic mass is 32.2. The third kappa shape index (κ3) is 1.48. The molecule has 0 bridgehead atoms. The minimum Gasteiger partial charge on any atom is -0.391 e. The number of nitrogens with zero attached hydrogens (tertiary/aromatic N) is 1. The van der Waals surface area contributed by atoms with Gasteiger partial charge in [-0.2, -0.15) is 0 Å². The van der Waals surface area contributed by atoms with Crippen LogP contribution in [0.5, 0.6) is 0 Å². The van der Waals surface area contributed by atoms with E-state index in [-0.39, 0.29) is 18.0 Å². The van der Waals surface area contributed by atoms with Gasteiger partial charge >= 0.3 is 0 Å². The van der Waals surface area contributed by atoms with Crippen molar-refractivity contribution in [3.63, 3.8) is 0 Å². The highest BCUT2D eigenvalue weighted by Crippen LogP contribution is 2.38. The van der Waals surface area contributed by atoms with Crippen molar-refractivity contribution in [2.24, 2.45) is 5.92 Å². The first-order valence-electron chi connectivity index (χ1n) is 5.73. The molecule has 92 valence electrons. The van der Waals surface area contributed by atoms with Crippen molar-refractivity contribution in [1.82, 2.24) is 4.90 Å². The van der Waals surface area contributed by atoms with Gasteiger partial charge in [-0.25, -0.2) is 0 Å². The molecule has 3 fully saturated rings. The van der Waals surface area contributed by atoms with Crippen LogP contribution in [0.25, 0.3) is 0 Å². The van der Waals surface area contributed by atoms with Gasteiger partial charge < -0.3 is 15.3 Å². The molecular formula is C10H17NO4S. The van der Waals surface area contributed by atoms with Gasteiger partial charge in [-0.3, -0.25) is 9.11 Å². The van der Waals surface area contributed by atoms with Crippen molar-refractivity contribution in [3.05, 3.63) is 0 Å². The molecule has 0 spiro atoms. The minimum atomic E-state index is -0.870. The van der Waals surface area contributed by atoms with Gasteiger partial charge in [-0.05, 0) is 12.3 Å². The fourth-order valence-electron chi connectivity index (χ4n) is 3.46. The zero-order valence-corrected chi connectivity index (χ0v) is 9.71. The summed E-state index contributed by atoms with van der Waals surface area (Å²) in [6.45, 7) is 0.390. The van der Waals surface area contributed by atoms with Crippen LogP contribution in [0.3, 0.4) is 0 Å². The Morgan fingerprint density at radius 1 is 1.12 bits per heavy atom. The molecular weight excluding hydrogens is 230 g/mol. The van der Waals surface area contributed by atoms with Crippen LogP contribution in [0, 0.1) is 5.92 Å². The van der Waals surface area contributed by atoms with E-state index in [1.165, 1.54) is 0 Å². The van der Waals surface area contributed by atoms with E-state index in [4.69, 9.17) is 0 Å². The second-order valence-electron chi connectivity index (χ2n) is 5.15. The van der Waals surface area contributed by atoms with E-state index < -0.39 is 29.1 Å². The van der Waals surface area contributed by atoms with Gasteiger partial charge in [-0.15, -0.1) is 0 Å². The Morgan fingerprint density at radius 3 is 2.62 bits per heavy atom. The summed E-state index contributed by atoms with van der Waals surface area (Å²) in [6.07, 6.45) is -1.66. The van der Waals surface area contributed by atoms with E-state index in [0.29, 0.717) is 24.5 Å². The number of rotatable bonds is 0. The van der Waals surface area contributed by atoms with Crippen molar-refractivity contribution in [2.75, 3.05) is 18.1 Å². The van der Waals surface area contributed by atoms with Crippen molar-refractivity contribution in [3.8, 4) is 0 Å². The molecule has 3 aliphatic rings. The van der Waals surface area contributed by atoms with Crippen molar-refractivity contribution in [1.29, 1.82) is 0 Å². The third-order valence-electron chi connectivity index (χ3n) is 4.19. The Morgan fingerprint density at radius 2 is 1.88 bits per heavy atom. The van der Waals surface area contributed by atoms with Crippen molar-refractivity contribution >= 4 is 10.8 Å². The monoisotopic (exact) mass is 247 g/mol. The predicted molar refractivity (Wildman–Crippen MR) is 58.3 cm³/mol. The second kappa shape index (κ2) is 3.74. The SMILES string of the molecule is O=S1CC2C[C@@H](O)[C@@H]3[C@H](O)[C@H](O)CN3C2C1. The van der Waals surface area contributed by atoms with Crippen LogP contribution in [0.2, 0.25) is 0 Å². The van der Waals surface area contributed by atoms with E-state index in [0.717, 1.165) is 0 Å². The van der Waals surface area contributed by atoms with E-state index in [1.807, 2.05) is 4.90 Å². The molecule has 7 atom stereocenters. The summed E-state index contributed by atoms with van der Waals surface area (Å²) in [4.78, 5) is 1.97. The third-order valence-corrected chi connectivity index (χ3v) is 5.70. The van der Waals surface area contributed by atoms with Crippen LogP contribution < -0.4 is 0 Å². The summed E-state index contributed by atoms with van der Waals surface area (Å²) < 4.78 is 11.5. The molecule has 16 heavy (non-hydrogen) atoms. The molecule has 0 aromatic carbocycles. The van der Waals surface area contributed by atoms with Crippen LogP contribution in [-0.4, -0.2) is 72.9 Å². The highest BCUT2D eigenvalue weighted by Gasteiger charge is 2.54. The quantitative estimate of drug-likeness (QED) is 0.457. The molecule has 0 aromatic heterocycles. The molecule has 3 aliphatic heterocycles. The molecule has 3 unspecified atom stereocenters. The Labute approximate surface area is 96.5 Å². The van der Waals surface area contributed by atoms with Crippen LogP contribution >= 0.6 is 0 Å². The van der Waals surface area contributed by atoms with Gasteiger partial charge in [0.2, 0.25) is 0 Å². The van der Waals surface area contributed by atoms with Gasteiger partial charge in [0.05, 0.1) is 24.4 Å². The summed E-state index contributed by atoms with van der Waals surface area (Å²) in [5, 5.41) is 29.5. The fraction of sp³-hybridized carbons (Fsp3) is 1.00. The lowest BCUT2D eigenvalue weighted by atomic mass is 9.85. The summed E-state index contributed by atoms with van der Waals surface area (Å²) >= 11 is 0. The first-order valence-corrected chi connectivity index (χ1v) is 7.21. The van der Waals surface area contributed by atoms with Crippen LogP contribution in [0.4, 0.5) is 0 Å². The van der Waals surface area contributed by atoms with E-state index in [2.05, 4.69) is 0 Å². The van der Waals surface area contributed by atoms with Crippen LogP contribution in [0.15, 0.2) is 0 Å². The molecule has 0 amide bonds. The molecule has 0 aromatic rings. The zero-order chi connectivity index (χ0) is 11.4. The molecule has 0 radical (unpaired) electrons. The van der Waals surface area contributed by atoms with Gasteiger partial charge in [0.25, 0.3) is 0 Å². The summed E-state index contributed by atoms with van der Waals surface area (Å²) in [5.74, 6) is 1.52. The van der Waals surface area contributed by atoms with Crippen LogP contribution in [0.1, 0.15) is 6.42 Å². The normalized spacial score (nSPS) is 57.3. The Balaban J connectivity index is 1.88. The Kier molecular flexibility index (Phi) is 2.60. The summed E-state index contributed by atoms with van der Waals surface area (Å²) in [7, 11) is -0.806. The topological polar surface area (TPSA) is 81.0 Å². The molecule has 0 aliphatic carbocycles. The first kappa shape index (κ1) is 11.1. The molecule has 3 saturated heterocycles. The Bertz CT molecular complexity index is 326. The number of hydrogen-bond donors (Lipinski definition) is 3.